The van der Waals surface area contributed by atoms with Crippen LogP contribution in [0, 0.1) is 11.8 Å². The lowest BCUT2D eigenvalue weighted by atomic mass is 9.69. The summed E-state index contributed by atoms with van der Waals surface area (Å²) in [6.45, 7) is 4.64. The molecule has 2 N–H and O–H groups in total. The lowest BCUT2D eigenvalue weighted by molar-refractivity contribution is 0.140. The summed E-state index contributed by atoms with van der Waals surface area (Å²) in [6.07, 6.45) is 8.71. The van der Waals surface area contributed by atoms with Crippen molar-refractivity contribution in [3.05, 3.63) is 15.6 Å². The third-order valence-electron chi connectivity index (χ3n) is 4.82. The van der Waals surface area contributed by atoms with E-state index in [1.165, 1.54) is 54.1 Å². The van der Waals surface area contributed by atoms with Crippen LogP contribution in [0.5, 0.6) is 0 Å². The zero-order valence-electron chi connectivity index (χ0n) is 11.5. The number of nitrogens with zero attached hydrogens (tertiary/aromatic N) is 1. The first-order valence-corrected chi connectivity index (χ1v) is 8.21. The number of thiazole rings is 1. The second-order valence-corrected chi connectivity index (χ2v) is 7.46. The van der Waals surface area contributed by atoms with E-state index in [1.807, 2.05) is 11.3 Å². The Kier molecular flexibility index (Phi) is 3.23. The van der Waals surface area contributed by atoms with E-state index in [1.54, 1.807) is 0 Å². The van der Waals surface area contributed by atoms with E-state index in [4.69, 9.17) is 10.7 Å². The van der Waals surface area contributed by atoms with E-state index in [0.29, 0.717) is 11.8 Å². The fourth-order valence-electron chi connectivity index (χ4n) is 3.81. The van der Waals surface area contributed by atoms with Gasteiger partial charge in [-0.15, -0.1) is 11.3 Å². The standard InChI is InChI=1S/C15H24N2S/c1-10(2)11-6-3-4-9-15(11,16)14-17-12-7-5-8-13(12)18-14/h10-11H,3-9,16H2,1-2H3. The van der Waals surface area contributed by atoms with Gasteiger partial charge in [-0.1, -0.05) is 26.7 Å². The van der Waals surface area contributed by atoms with Crippen LogP contribution in [0.3, 0.4) is 0 Å². The second kappa shape index (κ2) is 4.61. The first kappa shape index (κ1) is 12.6. The molecular formula is C15H24N2S. The van der Waals surface area contributed by atoms with Gasteiger partial charge in [0.15, 0.2) is 0 Å². The minimum absolute atomic E-state index is 0.137. The molecule has 2 nitrogen and oxygen atoms in total. The first-order valence-electron chi connectivity index (χ1n) is 7.39. The SMILES string of the molecule is CC(C)C1CCCCC1(N)c1nc2c(s1)CCC2. The van der Waals surface area contributed by atoms with Gasteiger partial charge in [0.05, 0.1) is 11.2 Å². The van der Waals surface area contributed by atoms with Crippen molar-refractivity contribution in [2.75, 3.05) is 0 Å². The van der Waals surface area contributed by atoms with E-state index in [2.05, 4.69) is 13.8 Å². The molecule has 0 saturated heterocycles. The van der Waals surface area contributed by atoms with E-state index >= 15 is 0 Å². The summed E-state index contributed by atoms with van der Waals surface area (Å²) in [5.74, 6) is 1.27. The van der Waals surface area contributed by atoms with Crippen LogP contribution in [-0.4, -0.2) is 4.98 Å². The van der Waals surface area contributed by atoms with Crippen molar-refractivity contribution in [3.63, 3.8) is 0 Å². The van der Waals surface area contributed by atoms with Crippen molar-refractivity contribution >= 4 is 11.3 Å². The maximum absolute atomic E-state index is 6.83. The van der Waals surface area contributed by atoms with Crippen molar-refractivity contribution in [3.8, 4) is 0 Å². The molecule has 1 aromatic heterocycles. The largest absolute Gasteiger partial charge is 0.319 e. The van der Waals surface area contributed by atoms with Crippen molar-refractivity contribution in [2.45, 2.75) is 64.3 Å². The molecule has 0 amide bonds. The minimum Gasteiger partial charge on any atom is -0.319 e. The summed E-state index contributed by atoms with van der Waals surface area (Å²) in [5.41, 5.74) is 8.05. The van der Waals surface area contributed by atoms with Gasteiger partial charge < -0.3 is 5.73 Å². The highest BCUT2D eigenvalue weighted by atomic mass is 32.1. The van der Waals surface area contributed by atoms with Gasteiger partial charge in [-0.05, 0) is 43.9 Å². The number of hydrogen-bond donors (Lipinski definition) is 1. The van der Waals surface area contributed by atoms with Crippen LogP contribution in [0.15, 0.2) is 0 Å². The normalized spacial score (nSPS) is 31.9. The first-order chi connectivity index (χ1) is 8.61. The summed E-state index contributed by atoms with van der Waals surface area (Å²) in [4.78, 5) is 6.43. The second-order valence-electron chi connectivity index (χ2n) is 6.38. The molecule has 18 heavy (non-hydrogen) atoms. The highest BCUT2D eigenvalue weighted by Crippen LogP contribution is 2.45. The fraction of sp³-hybridized carbons (Fsp3) is 0.800. The average Bonchev–Trinajstić information content (AvgIpc) is 2.89. The predicted molar refractivity (Wildman–Crippen MR) is 76.8 cm³/mol. The molecule has 0 bridgehead atoms. The van der Waals surface area contributed by atoms with Crippen molar-refractivity contribution in [1.29, 1.82) is 0 Å². The summed E-state index contributed by atoms with van der Waals surface area (Å²) in [7, 11) is 0. The lowest BCUT2D eigenvalue weighted by Gasteiger charge is -2.42. The zero-order chi connectivity index (χ0) is 12.8. The number of aryl methyl sites for hydroxylation is 2. The number of aromatic nitrogens is 1. The fourth-order valence-corrected chi connectivity index (χ4v) is 5.15. The molecule has 1 saturated carbocycles. The molecule has 2 unspecified atom stereocenters. The number of nitrogens with two attached hydrogens (primary N) is 1. The summed E-state index contributed by atoms with van der Waals surface area (Å²) >= 11 is 1.91. The topological polar surface area (TPSA) is 38.9 Å². The number of hydrogen-bond acceptors (Lipinski definition) is 3. The Labute approximate surface area is 114 Å². The van der Waals surface area contributed by atoms with Crippen LogP contribution in [-0.2, 0) is 18.4 Å². The molecule has 0 aliphatic heterocycles. The molecule has 1 heterocycles. The maximum Gasteiger partial charge on any atom is 0.113 e. The Morgan fingerprint density at radius 1 is 1.28 bits per heavy atom. The van der Waals surface area contributed by atoms with Crippen molar-refractivity contribution < 1.29 is 0 Å². The molecule has 1 aromatic rings. The molecule has 0 aromatic carbocycles. The van der Waals surface area contributed by atoms with E-state index in [9.17, 15) is 0 Å². The van der Waals surface area contributed by atoms with Crippen LogP contribution in [0.2, 0.25) is 0 Å². The smallest absolute Gasteiger partial charge is 0.113 e. The third kappa shape index (κ3) is 1.92. The highest BCUT2D eigenvalue weighted by molar-refractivity contribution is 7.12. The van der Waals surface area contributed by atoms with Crippen LogP contribution >= 0.6 is 11.3 Å². The van der Waals surface area contributed by atoms with E-state index < -0.39 is 0 Å². The van der Waals surface area contributed by atoms with Crippen LogP contribution in [0.25, 0.3) is 0 Å². The van der Waals surface area contributed by atoms with Crippen LogP contribution in [0.1, 0.15) is 61.5 Å². The molecule has 1 fully saturated rings. The van der Waals surface area contributed by atoms with Gasteiger partial charge in [0, 0.05) is 4.88 Å². The molecule has 0 spiro atoms. The van der Waals surface area contributed by atoms with E-state index in [0.717, 1.165) is 6.42 Å². The Morgan fingerprint density at radius 2 is 2.11 bits per heavy atom. The maximum atomic E-state index is 6.83. The molecular weight excluding hydrogens is 240 g/mol. The third-order valence-corrected chi connectivity index (χ3v) is 6.17. The van der Waals surface area contributed by atoms with Crippen LogP contribution in [0.4, 0.5) is 0 Å². The number of rotatable bonds is 2. The Bertz CT molecular complexity index is 416. The molecule has 3 heteroatoms. The molecule has 2 atom stereocenters. The molecule has 0 radical (unpaired) electrons. The Morgan fingerprint density at radius 3 is 2.83 bits per heavy atom. The minimum atomic E-state index is -0.137. The molecule has 3 rings (SSSR count). The summed E-state index contributed by atoms with van der Waals surface area (Å²) in [6, 6.07) is 0. The summed E-state index contributed by atoms with van der Waals surface area (Å²) < 4.78 is 0. The summed E-state index contributed by atoms with van der Waals surface area (Å²) in [5, 5.41) is 1.24. The van der Waals surface area contributed by atoms with Crippen molar-refractivity contribution in [1.82, 2.24) is 4.98 Å². The Balaban J connectivity index is 1.95. The van der Waals surface area contributed by atoms with Crippen LogP contribution < -0.4 is 5.73 Å². The van der Waals surface area contributed by atoms with Gasteiger partial charge in [0.25, 0.3) is 0 Å². The molecule has 2 aliphatic rings. The van der Waals surface area contributed by atoms with Gasteiger partial charge in [-0.2, -0.15) is 0 Å². The zero-order valence-corrected chi connectivity index (χ0v) is 12.4. The van der Waals surface area contributed by atoms with Gasteiger partial charge in [-0.25, -0.2) is 4.98 Å². The van der Waals surface area contributed by atoms with E-state index in [-0.39, 0.29) is 5.54 Å². The van der Waals surface area contributed by atoms with Gasteiger partial charge in [0.1, 0.15) is 5.01 Å². The van der Waals surface area contributed by atoms with Gasteiger partial charge in [0.2, 0.25) is 0 Å². The quantitative estimate of drug-likeness (QED) is 0.886. The molecule has 2 aliphatic carbocycles. The lowest BCUT2D eigenvalue weighted by Crippen LogP contribution is -2.48. The van der Waals surface area contributed by atoms with Gasteiger partial charge in [-0.3, -0.25) is 0 Å². The average molecular weight is 264 g/mol. The Hall–Kier alpha value is -0.410. The monoisotopic (exact) mass is 264 g/mol. The highest BCUT2D eigenvalue weighted by Gasteiger charge is 2.43. The number of fused-ring (bicyclic) bond motifs is 1. The molecule has 100 valence electrons. The van der Waals surface area contributed by atoms with Gasteiger partial charge >= 0.3 is 0 Å². The predicted octanol–water partition coefficient (Wildman–Crippen LogP) is 3.63. The van der Waals surface area contributed by atoms with Crippen molar-refractivity contribution in [2.24, 2.45) is 17.6 Å².